The summed E-state index contributed by atoms with van der Waals surface area (Å²) in [6.45, 7) is 5.00. The number of nitrogens with one attached hydrogen (secondary N) is 1. The van der Waals surface area contributed by atoms with Crippen molar-refractivity contribution < 1.29 is 9.53 Å². The Hall–Kier alpha value is -1.08. The quantitative estimate of drug-likeness (QED) is 0.743. The molecule has 1 unspecified atom stereocenters. The first-order valence-electron chi connectivity index (χ1n) is 5.93. The van der Waals surface area contributed by atoms with Gasteiger partial charge in [0.1, 0.15) is 0 Å². The minimum atomic E-state index is -0.110. The molecule has 1 rings (SSSR count). The Bertz CT molecular complexity index is 267. The van der Waals surface area contributed by atoms with Gasteiger partial charge in [-0.15, -0.1) is 0 Å². The van der Waals surface area contributed by atoms with E-state index in [1.165, 1.54) is 0 Å². The van der Waals surface area contributed by atoms with Crippen molar-refractivity contribution in [1.29, 1.82) is 5.26 Å². The Morgan fingerprint density at radius 2 is 2.31 bits per heavy atom. The van der Waals surface area contributed by atoms with E-state index in [4.69, 9.17) is 10.00 Å². The van der Waals surface area contributed by atoms with Crippen LogP contribution in [-0.4, -0.2) is 25.2 Å². The number of hydrogen-bond acceptors (Lipinski definition) is 3. The molecule has 90 valence electrons. The molecule has 4 nitrogen and oxygen atoms in total. The van der Waals surface area contributed by atoms with E-state index in [1.54, 1.807) is 6.92 Å². The molecule has 1 atom stereocenters. The molecule has 4 heteroatoms. The number of ether oxygens (including phenoxy) is 1. The summed E-state index contributed by atoms with van der Waals surface area (Å²) in [5.41, 5.74) is 0. The summed E-state index contributed by atoms with van der Waals surface area (Å²) in [5.74, 6) is 0.414. The number of hydrogen-bond donors (Lipinski definition) is 1. The highest BCUT2D eigenvalue weighted by atomic mass is 16.5. The average Bonchev–Trinajstić information content (AvgIpc) is 2.23. The molecule has 0 heterocycles. The molecule has 0 aromatic heterocycles. The third kappa shape index (κ3) is 4.19. The van der Waals surface area contributed by atoms with Gasteiger partial charge in [0, 0.05) is 19.6 Å². The van der Waals surface area contributed by atoms with E-state index in [1.807, 2.05) is 6.92 Å². The predicted molar refractivity (Wildman–Crippen MR) is 60.5 cm³/mol. The maximum atomic E-state index is 11.5. The van der Waals surface area contributed by atoms with Crippen LogP contribution in [0.15, 0.2) is 0 Å². The van der Waals surface area contributed by atoms with Crippen LogP contribution in [0.5, 0.6) is 0 Å². The molecule has 0 bridgehead atoms. The molecule has 0 spiro atoms. The van der Waals surface area contributed by atoms with Gasteiger partial charge in [0.25, 0.3) is 0 Å². The largest absolute Gasteiger partial charge is 0.378 e. The molecule has 1 amide bonds. The maximum absolute atomic E-state index is 11.5. The Morgan fingerprint density at radius 3 is 2.88 bits per heavy atom. The molecule has 1 fully saturated rings. The molecule has 0 radical (unpaired) electrons. The predicted octanol–water partition coefficient (Wildman–Crippen LogP) is 1.47. The van der Waals surface area contributed by atoms with Crippen LogP contribution in [0.25, 0.3) is 0 Å². The first-order chi connectivity index (χ1) is 7.65. The summed E-state index contributed by atoms with van der Waals surface area (Å²) in [4.78, 5) is 11.5. The van der Waals surface area contributed by atoms with Crippen molar-refractivity contribution >= 4 is 5.91 Å². The molecule has 1 aliphatic carbocycles. The molecule has 0 saturated heterocycles. The third-order valence-electron chi connectivity index (χ3n) is 2.89. The molecule has 1 N–H and O–H groups in total. The number of rotatable bonds is 6. The fraction of sp³-hybridized carbons (Fsp3) is 0.833. The highest BCUT2D eigenvalue weighted by Crippen LogP contribution is 2.32. The lowest BCUT2D eigenvalue weighted by Crippen LogP contribution is -2.36. The fourth-order valence-electron chi connectivity index (χ4n) is 1.86. The molecular formula is C12H20N2O2. The van der Waals surface area contributed by atoms with E-state index in [0.29, 0.717) is 25.0 Å². The summed E-state index contributed by atoms with van der Waals surface area (Å²) in [6.07, 6.45) is 2.92. The van der Waals surface area contributed by atoms with E-state index < -0.39 is 0 Å². The van der Waals surface area contributed by atoms with Crippen molar-refractivity contribution in [2.45, 2.75) is 39.2 Å². The minimum absolute atomic E-state index is 0.0575. The van der Waals surface area contributed by atoms with Crippen LogP contribution in [0.4, 0.5) is 0 Å². The zero-order valence-electron chi connectivity index (χ0n) is 10.0. The van der Waals surface area contributed by atoms with Crippen LogP contribution in [0.1, 0.15) is 33.1 Å². The van der Waals surface area contributed by atoms with E-state index in [-0.39, 0.29) is 11.8 Å². The summed E-state index contributed by atoms with van der Waals surface area (Å²) >= 11 is 0. The van der Waals surface area contributed by atoms with Crippen molar-refractivity contribution in [2.24, 2.45) is 11.8 Å². The number of nitrogens with zero attached hydrogens (tertiary/aromatic N) is 1. The van der Waals surface area contributed by atoms with E-state index >= 15 is 0 Å². The maximum Gasteiger partial charge on any atom is 0.220 e. The van der Waals surface area contributed by atoms with Crippen molar-refractivity contribution in [1.82, 2.24) is 5.32 Å². The van der Waals surface area contributed by atoms with Gasteiger partial charge in [-0.05, 0) is 32.6 Å². The standard InChI is InChI=1S/C12H20N2O2/c1-3-16-11-4-10(5-11)6-12(15)14-8-9(2)7-13/h9-11H,3-6,8H2,1-2H3,(H,14,15). The summed E-state index contributed by atoms with van der Waals surface area (Å²) in [5, 5.41) is 11.3. The van der Waals surface area contributed by atoms with Crippen LogP contribution in [-0.2, 0) is 9.53 Å². The van der Waals surface area contributed by atoms with Crippen LogP contribution >= 0.6 is 0 Å². The van der Waals surface area contributed by atoms with Crippen LogP contribution in [0.3, 0.4) is 0 Å². The summed E-state index contributed by atoms with van der Waals surface area (Å²) < 4.78 is 5.43. The summed E-state index contributed by atoms with van der Waals surface area (Å²) in [6, 6.07) is 2.09. The lowest BCUT2D eigenvalue weighted by atomic mass is 9.80. The zero-order valence-corrected chi connectivity index (χ0v) is 10.0. The SMILES string of the molecule is CCOC1CC(CC(=O)NCC(C)C#N)C1. The van der Waals surface area contributed by atoms with Crippen LogP contribution in [0, 0.1) is 23.2 Å². The van der Waals surface area contributed by atoms with Gasteiger partial charge in [-0.3, -0.25) is 4.79 Å². The number of nitriles is 1. The number of carbonyl (C=O) groups excluding carboxylic acids is 1. The molecule has 0 aromatic rings. The van der Waals surface area contributed by atoms with Crippen molar-refractivity contribution in [3.8, 4) is 6.07 Å². The number of carbonyl (C=O) groups is 1. The third-order valence-corrected chi connectivity index (χ3v) is 2.89. The molecule has 0 aliphatic heterocycles. The van der Waals surface area contributed by atoms with E-state index in [0.717, 1.165) is 19.4 Å². The van der Waals surface area contributed by atoms with Gasteiger partial charge < -0.3 is 10.1 Å². The van der Waals surface area contributed by atoms with Gasteiger partial charge in [0.2, 0.25) is 5.91 Å². The second-order valence-corrected chi connectivity index (χ2v) is 4.45. The van der Waals surface area contributed by atoms with Gasteiger partial charge in [0.05, 0.1) is 18.1 Å². The normalized spacial score (nSPS) is 25.3. The van der Waals surface area contributed by atoms with Crippen molar-refractivity contribution in [3.05, 3.63) is 0 Å². The molecular weight excluding hydrogens is 204 g/mol. The number of amides is 1. The van der Waals surface area contributed by atoms with Gasteiger partial charge in [-0.1, -0.05) is 0 Å². The molecule has 0 aromatic carbocycles. The van der Waals surface area contributed by atoms with Crippen molar-refractivity contribution in [3.63, 3.8) is 0 Å². The van der Waals surface area contributed by atoms with Gasteiger partial charge in [0.15, 0.2) is 0 Å². The monoisotopic (exact) mass is 224 g/mol. The van der Waals surface area contributed by atoms with Crippen LogP contribution in [0.2, 0.25) is 0 Å². The van der Waals surface area contributed by atoms with Gasteiger partial charge >= 0.3 is 0 Å². The molecule has 1 aliphatic rings. The fourth-order valence-corrected chi connectivity index (χ4v) is 1.86. The lowest BCUT2D eigenvalue weighted by Gasteiger charge is -2.34. The topological polar surface area (TPSA) is 62.1 Å². The molecule has 1 saturated carbocycles. The minimum Gasteiger partial charge on any atom is -0.378 e. The Labute approximate surface area is 97.0 Å². The first kappa shape index (κ1) is 13.0. The molecule has 16 heavy (non-hydrogen) atoms. The smallest absolute Gasteiger partial charge is 0.220 e. The van der Waals surface area contributed by atoms with Crippen LogP contribution < -0.4 is 5.32 Å². The Kier molecular flexibility index (Phi) is 5.27. The lowest BCUT2D eigenvalue weighted by molar-refractivity contribution is -0.124. The zero-order chi connectivity index (χ0) is 12.0. The highest BCUT2D eigenvalue weighted by molar-refractivity contribution is 5.76. The van der Waals surface area contributed by atoms with Gasteiger partial charge in [-0.2, -0.15) is 5.26 Å². The summed E-state index contributed by atoms with van der Waals surface area (Å²) in [7, 11) is 0. The van der Waals surface area contributed by atoms with Gasteiger partial charge in [-0.25, -0.2) is 0 Å². The van der Waals surface area contributed by atoms with E-state index in [9.17, 15) is 4.79 Å². The Balaban J connectivity index is 2.06. The Morgan fingerprint density at radius 1 is 1.62 bits per heavy atom. The second-order valence-electron chi connectivity index (χ2n) is 4.45. The second kappa shape index (κ2) is 6.49. The van der Waals surface area contributed by atoms with Crippen molar-refractivity contribution in [2.75, 3.05) is 13.2 Å². The highest BCUT2D eigenvalue weighted by Gasteiger charge is 2.30. The van der Waals surface area contributed by atoms with E-state index in [2.05, 4.69) is 11.4 Å². The average molecular weight is 224 g/mol. The first-order valence-corrected chi connectivity index (χ1v) is 5.93.